The summed E-state index contributed by atoms with van der Waals surface area (Å²) in [5.74, 6) is 2.48. The summed E-state index contributed by atoms with van der Waals surface area (Å²) < 4.78 is 7.61. The zero-order valence-corrected chi connectivity index (χ0v) is 12.3. The molecule has 1 unspecified atom stereocenters. The molecule has 1 aliphatic heterocycles. The lowest BCUT2D eigenvalue weighted by molar-refractivity contribution is 0.391. The summed E-state index contributed by atoms with van der Waals surface area (Å²) in [7, 11) is 1.73. The Morgan fingerprint density at radius 3 is 2.90 bits per heavy atom. The molecule has 0 fully saturated rings. The number of benzene rings is 1. The van der Waals surface area contributed by atoms with E-state index in [-0.39, 0.29) is 6.04 Å². The molecule has 0 aliphatic carbocycles. The van der Waals surface area contributed by atoms with Crippen LogP contribution >= 0.6 is 0 Å². The van der Waals surface area contributed by atoms with Crippen LogP contribution in [0, 0.1) is 0 Å². The maximum absolute atomic E-state index is 5.51. The second kappa shape index (κ2) is 5.19. The van der Waals surface area contributed by atoms with Gasteiger partial charge in [0.1, 0.15) is 11.6 Å². The number of hydrogen-bond acceptors (Lipinski definition) is 3. The lowest BCUT2D eigenvalue weighted by Crippen LogP contribution is -2.24. The van der Waals surface area contributed by atoms with Gasteiger partial charge in [0, 0.05) is 18.2 Å². The number of rotatable bonds is 3. The summed E-state index contributed by atoms with van der Waals surface area (Å²) in [6.45, 7) is 5.31. The molecule has 2 heterocycles. The van der Waals surface area contributed by atoms with E-state index in [1.165, 1.54) is 5.56 Å². The molecule has 0 radical (unpaired) electrons. The Morgan fingerprint density at radius 1 is 1.35 bits per heavy atom. The molecule has 0 amide bonds. The molecule has 106 valence electrons. The van der Waals surface area contributed by atoms with E-state index in [0.717, 1.165) is 30.2 Å². The van der Waals surface area contributed by atoms with Gasteiger partial charge >= 0.3 is 0 Å². The van der Waals surface area contributed by atoms with Gasteiger partial charge < -0.3 is 10.1 Å². The third-order valence-electron chi connectivity index (χ3n) is 3.86. The van der Waals surface area contributed by atoms with E-state index in [0.29, 0.717) is 5.92 Å². The van der Waals surface area contributed by atoms with E-state index in [1.54, 1.807) is 7.11 Å². The molecular formula is C16H21N3O. The molecule has 0 bridgehead atoms. The molecule has 0 saturated carbocycles. The van der Waals surface area contributed by atoms with Gasteiger partial charge in [-0.3, -0.25) is 0 Å². The summed E-state index contributed by atoms with van der Waals surface area (Å²) >= 11 is 0. The van der Waals surface area contributed by atoms with Crippen LogP contribution in [0.4, 0.5) is 5.82 Å². The third kappa shape index (κ3) is 2.15. The zero-order chi connectivity index (χ0) is 14.1. The monoisotopic (exact) mass is 271 g/mol. The lowest BCUT2D eigenvalue weighted by atomic mass is 10.0. The highest BCUT2D eigenvalue weighted by Crippen LogP contribution is 2.35. The second-order valence-electron chi connectivity index (χ2n) is 5.53. The van der Waals surface area contributed by atoms with Crippen LogP contribution in [0.25, 0.3) is 0 Å². The number of anilines is 1. The van der Waals surface area contributed by atoms with Crippen LogP contribution in [0.3, 0.4) is 0 Å². The Kier molecular flexibility index (Phi) is 3.38. The number of nitrogens with zero attached hydrogens (tertiary/aromatic N) is 2. The molecular weight excluding hydrogens is 250 g/mol. The number of nitrogens with one attached hydrogen (secondary N) is 1. The fourth-order valence-electron chi connectivity index (χ4n) is 2.75. The molecule has 20 heavy (non-hydrogen) atoms. The Hall–Kier alpha value is -1.97. The van der Waals surface area contributed by atoms with Crippen LogP contribution in [0.15, 0.2) is 30.3 Å². The summed E-state index contributed by atoms with van der Waals surface area (Å²) in [4.78, 5) is 0. The van der Waals surface area contributed by atoms with E-state index < -0.39 is 0 Å². The first kappa shape index (κ1) is 13.0. The molecule has 2 aromatic rings. The molecule has 0 spiro atoms. The molecule has 4 heteroatoms. The van der Waals surface area contributed by atoms with Gasteiger partial charge in [-0.2, -0.15) is 5.10 Å². The van der Waals surface area contributed by atoms with E-state index in [9.17, 15) is 0 Å². The molecule has 4 nitrogen and oxygen atoms in total. The first-order valence-electron chi connectivity index (χ1n) is 7.17. The van der Waals surface area contributed by atoms with Crippen molar-refractivity contribution in [3.8, 4) is 5.75 Å². The topological polar surface area (TPSA) is 39.1 Å². The minimum absolute atomic E-state index is 0.245. The van der Waals surface area contributed by atoms with Crippen LogP contribution in [-0.4, -0.2) is 23.4 Å². The van der Waals surface area contributed by atoms with E-state index in [2.05, 4.69) is 42.0 Å². The van der Waals surface area contributed by atoms with Crippen molar-refractivity contribution in [3.05, 3.63) is 41.6 Å². The van der Waals surface area contributed by atoms with Gasteiger partial charge in [-0.25, -0.2) is 4.68 Å². The summed E-state index contributed by atoms with van der Waals surface area (Å²) in [5, 5.41) is 8.22. The van der Waals surface area contributed by atoms with Gasteiger partial charge in [0.25, 0.3) is 0 Å². The van der Waals surface area contributed by atoms with Crippen LogP contribution in [-0.2, 0) is 0 Å². The molecule has 0 saturated heterocycles. The van der Waals surface area contributed by atoms with Crippen molar-refractivity contribution in [1.82, 2.24) is 9.78 Å². The number of methoxy groups -OCH3 is 1. The van der Waals surface area contributed by atoms with Crippen molar-refractivity contribution in [3.63, 3.8) is 0 Å². The second-order valence-corrected chi connectivity index (χ2v) is 5.53. The van der Waals surface area contributed by atoms with Crippen molar-refractivity contribution in [2.24, 2.45) is 0 Å². The Balaban J connectivity index is 2.05. The molecule has 3 rings (SSSR count). The minimum Gasteiger partial charge on any atom is -0.496 e. The van der Waals surface area contributed by atoms with Crippen LogP contribution in [0.5, 0.6) is 5.75 Å². The fraction of sp³-hybridized carbons (Fsp3) is 0.438. The Labute approximate surface area is 119 Å². The number of ether oxygens (including phenoxy) is 1. The van der Waals surface area contributed by atoms with Crippen molar-refractivity contribution >= 4 is 5.82 Å². The van der Waals surface area contributed by atoms with Crippen molar-refractivity contribution in [1.29, 1.82) is 0 Å². The normalized spacial score (nSPS) is 17.7. The molecule has 1 aromatic carbocycles. The maximum atomic E-state index is 5.51. The van der Waals surface area contributed by atoms with Gasteiger partial charge in [0.2, 0.25) is 0 Å². The molecule has 1 aliphatic rings. The summed E-state index contributed by atoms with van der Waals surface area (Å²) in [6, 6.07) is 10.6. The van der Waals surface area contributed by atoms with Crippen LogP contribution < -0.4 is 10.1 Å². The van der Waals surface area contributed by atoms with Crippen molar-refractivity contribution < 1.29 is 4.74 Å². The Morgan fingerprint density at radius 2 is 2.15 bits per heavy atom. The Bertz CT molecular complexity index is 604. The fourth-order valence-corrected chi connectivity index (χ4v) is 2.75. The van der Waals surface area contributed by atoms with Crippen molar-refractivity contribution in [2.45, 2.75) is 32.2 Å². The first-order valence-corrected chi connectivity index (χ1v) is 7.17. The van der Waals surface area contributed by atoms with Crippen molar-refractivity contribution in [2.75, 3.05) is 19.0 Å². The molecule has 1 atom stereocenters. The largest absolute Gasteiger partial charge is 0.496 e. The van der Waals surface area contributed by atoms with Crippen LogP contribution in [0.2, 0.25) is 0 Å². The SMILES string of the molecule is COc1ccccc1C1CCNc2cc(C(C)C)nn21. The van der Waals surface area contributed by atoms with Gasteiger partial charge in [-0.05, 0) is 18.4 Å². The highest BCUT2D eigenvalue weighted by molar-refractivity contribution is 5.44. The standard InChI is InChI=1S/C16H21N3O/c1-11(2)13-10-16-17-9-8-14(19(16)18-13)12-6-4-5-7-15(12)20-3/h4-7,10-11,14,17H,8-9H2,1-3H3. The third-order valence-corrected chi connectivity index (χ3v) is 3.86. The average Bonchev–Trinajstić information content (AvgIpc) is 2.91. The predicted octanol–water partition coefficient (Wildman–Crippen LogP) is 3.42. The maximum Gasteiger partial charge on any atom is 0.125 e. The van der Waals surface area contributed by atoms with Gasteiger partial charge in [0.05, 0.1) is 18.8 Å². The number of fused-ring (bicyclic) bond motifs is 1. The summed E-state index contributed by atoms with van der Waals surface area (Å²) in [5.41, 5.74) is 2.34. The van der Waals surface area contributed by atoms with E-state index >= 15 is 0 Å². The van der Waals surface area contributed by atoms with Crippen LogP contribution in [0.1, 0.15) is 43.5 Å². The summed E-state index contributed by atoms with van der Waals surface area (Å²) in [6.07, 6.45) is 1.02. The van der Waals surface area contributed by atoms with E-state index in [1.807, 2.05) is 12.1 Å². The molecule has 1 aromatic heterocycles. The quantitative estimate of drug-likeness (QED) is 0.929. The predicted molar refractivity (Wildman–Crippen MR) is 80.6 cm³/mol. The van der Waals surface area contributed by atoms with E-state index in [4.69, 9.17) is 9.84 Å². The number of aromatic nitrogens is 2. The smallest absolute Gasteiger partial charge is 0.125 e. The van der Waals surface area contributed by atoms with Gasteiger partial charge in [0.15, 0.2) is 0 Å². The zero-order valence-electron chi connectivity index (χ0n) is 12.3. The first-order chi connectivity index (χ1) is 9.70. The van der Waals surface area contributed by atoms with Gasteiger partial charge in [-0.1, -0.05) is 32.0 Å². The highest BCUT2D eigenvalue weighted by atomic mass is 16.5. The minimum atomic E-state index is 0.245. The van der Waals surface area contributed by atoms with Gasteiger partial charge in [-0.15, -0.1) is 0 Å². The average molecular weight is 271 g/mol. The number of hydrogen-bond donors (Lipinski definition) is 1. The highest BCUT2D eigenvalue weighted by Gasteiger charge is 2.25. The lowest BCUT2D eigenvalue weighted by Gasteiger charge is -2.27. The molecule has 1 N–H and O–H groups in total. The number of para-hydroxylation sites is 1.